The van der Waals surface area contributed by atoms with Crippen molar-refractivity contribution in [2.75, 3.05) is 4.90 Å². The van der Waals surface area contributed by atoms with Crippen LogP contribution >= 0.6 is 23.1 Å². The molecule has 152 valence electrons. The summed E-state index contributed by atoms with van der Waals surface area (Å²) in [6, 6.07) is 17.2. The summed E-state index contributed by atoms with van der Waals surface area (Å²) in [5, 5.41) is 1.78. The zero-order valence-electron chi connectivity index (χ0n) is 15.3. The SMILES string of the molecule is O=C1C(SCc2ccccc2)=C(c2cccs2)C(=O)N1c1cccc(C(F)(F)F)c1. The molecule has 2 aromatic carbocycles. The average Bonchev–Trinajstić information content (AvgIpc) is 3.33. The molecule has 0 saturated heterocycles. The lowest BCUT2D eigenvalue weighted by Crippen LogP contribution is -2.31. The maximum absolute atomic E-state index is 13.2. The Kier molecular flexibility index (Phi) is 5.53. The summed E-state index contributed by atoms with van der Waals surface area (Å²) in [6.07, 6.45) is -4.57. The average molecular weight is 445 g/mol. The fourth-order valence-electron chi connectivity index (χ4n) is 3.07. The number of benzene rings is 2. The number of thiophene rings is 1. The number of carbonyl (C=O) groups is 2. The fourth-order valence-corrected chi connectivity index (χ4v) is 4.96. The van der Waals surface area contributed by atoms with Crippen molar-refractivity contribution < 1.29 is 22.8 Å². The van der Waals surface area contributed by atoms with Gasteiger partial charge < -0.3 is 0 Å². The lowest BCUT2D eigenvalue weighted by molar-refractivity contribution is -0.137. The van der Waals surface area contributed by atoms with E-state index in [1.165, 1.54) is 35.2 Å². The molecule has 30 heavy (non-hydrogen) atoms. The topological polar surface area (TPSA) is 37.4 Å². The Hall–Kier alpha value is -2.84. The lowest BCUT2D eigenvalue weighted by atomic mass is 10.1. The molecule has 0 spiro atoms. The normalized spacial score (nSPS) is 14.7. The number of thioether (sulfide) groups is 1. The number of halogens is 3. The van der Waals surface area contributed by atoms with E-state index in [0.717, 1.165) is 22.6 Å². The molecule has 0 atom stereocenters. The first kappa shape index (κ1) is 20.4. The van der Waals surface area contributed by atoms with Gasteiger partial charge in [0.2, 0.25) is 0 Å². The monoisotopic (exact) mass is 445 g/mol. The molecule has 1 aliphatic rings. The van der Waals surface area contributed by atoms with Crippen LogP contribution in [0.4, 0.5) is 18.9 Å². The van der Waals surface area contributed by atoms with Gasteiger partial charge in [-0.05, 0) is 35.2 Å². The highest BCUT2D eigenvalue weighted by Gasteiger charge is 2.41. The fraction of sp³-hybridized carbons (Fsp3) is 0.0909. The van der Waals surface area contributed by atoms with E-state index in [-0.39, 0.29) is 16.2 Å². The molecule has 0 aliphatic carbocycles. The van der Waals surface area contributed by atoms with Gasteiger partial charge in [0.05, 0.1) is 21.7 Å². The van der Waals surface area contributed by atoms with E-state index in [0.29, 0.717) is 10.6 Å². The molecule has 2 amide bonds. The Morgan fingerprint density at radius 3 is 2.33 bits per heavy atom. The molecule has 1 aromatic heterocycles. The minimum Gasteiger partial charge on any atom is -0.268 e. The molecule has 0 bridgehead atoms. The van der Waals surface area contributed by atoms with Crippen molar-refractivity contribution in [1.29, 1.82) is 0 Å². The Balaban J connectivity index is 1.72. The number of hydrogen-bond donors (Lipinski definition) is 0. The zero-order valence-corrected chi connectivity index (χ0v) is 17.0. The van der Waals surface area contributed by atoms with Crippen molar-refractivity contribution in [2.24, 2.45) is 0 Å². The molecule has 3 nitrogen and oxygen atoms in total. The molecular weight excluding hydrogens is 431 g/mol. The van der Waals surface area contributed by atoms with Crippen molar-refractivity contribution in [3.8, 4) is 0 Å². The van der Waals surface area contributed by atoms with E-state index in [1.807, 2.05) is 30.3 Å². The van der Waals surface area contributed by atoms with Crippen LogP contribution in [-0.2, 0) is 21.5 Å². The molecule has 0 saturated carbocycles. The molecule has 3 aromatic rings. The Bertz CT molecular complexity index is 1120. The predicted octanol–water partition coefficient (Wildman–Crippen LogP) is 5.98. The van der Waals surface area contributed by atoms with E-state index in [4.69, 9.17) is 0 Å². The van der Waals surface area contributed by atoms with Gasteiger partial charge in [-0.3, -0.25) is 9.59 Å². The third-order valence-corrected chi connectivity index (χ3v) is 6.50. The van der Waals surface area contributed by atoms with Crippen LogP contribution in [0.2, 0.25) is 0 Å². The van der Waals surface area contributed by atoms with Crippen molar-refractivity contribution in [3.05, 3.63) is 93.0 Å². The van der Waals surface area contributed by atoms with Crippen LogP contribution in [0.1, 0.15) is 16.0 Å². The van der Waals surface area contributed by atoms with Gasteiger partial charge in [-0.2, -0.15) is 13.2 Å². The molecule has 8 heteroatoms. The van der Waals surface area contributed by atoms with Gasteiger partial charge in [0.1, 0.15) is 0 Å². The minimum atomic E-state index is -4.57. The number of alkyl halides is 3. The third-order valence-electron chi connectivity index (χ3n) is 4.47. The van der Waals surface area contributed by atoms with Gasteiger partial charge in [-0.15, -0.1) is 23.1 Å². The Morgan fingerprint density at radius 2 is 1.67 bits per heavy atom. The van der Waals surface area contributed by atoms with Crippen LogP contribution in [0.3, 0.4) is 0 Å². The Labute approximate surface area is 178 Å². The summed E-state index contributed by atoms with van der Waals surface area (Å²) in [5.74, 6) is -0.762. The Morgan fingerprint density at radius 1 is 0.900 bits per heavy atom. The second kappa shape index (κ2) is 8.12. The van der Waals surface area contributed by atoms with Crippen LogP contribution < -0.4 is 4.90 Å². The van der Waals surface area contributed by atoms with Crippen LogP contribution in [-0.4, -0.2) is 11.8 Å². The maximum atomic E-state index is 13.2. The van der Waals surface area contributed by atoms with Crippen molar-refractivity contribution in [2.45, 2.75) is 11.9 Å². The summed E-state index contributed by atoms with van der Waals surface area (Å²) in [6.45, 7) is 0. The van der Waals surface area contributed by atoms with E-state index in [1.54, 1.807) is 17.5 Å². The summed E-state index contributed by atoms with van der Waals surface area (Å²) in [5.41, 5.74) is 0.194. The van der Waals surface area contributed by atoms with Crippen LogP contribution in [0.25, 0.3) is 5.57 Å². The zero-order chi connectivity index (χ0) is 21.3. The largest absolute Gasteiger partial charge is 0.416 e. The van der Waals surface area contributed by atoms with E-state index in [2.05, 4.69) is 0 Å². The molecule has 4 rings (SSSR count). The molecule has 2 heterocycles. The number of carbonyl (C=O) groups excluding carboxylic acids is 2. The third kappa shape index (κ3) is 3.93. The van der Waals surface area contributed by atoms with Gasteiger partial charge in [0.25, 0.3) is 11.8 Å². The van der Waals surface area contributed by atoms with Crippen LogP contribution in [0.15, 0.2) is 77.0 Å². The van der Waals surface area contributed by atoms with Crippen molar-refractivity contribution in [1.82, 2.24) is 0 Å². The second-order valence-electron chi connectivity index (χ2n) is 6.45. The maximum Gasteiger partial charge on any atom is 0.416 e. The quantitative estimate of drug-likeness (QED) is 0.453. The minimum absolute atomic E-state index is 0.0933. The second-order valence-corrected chi connectivity index (χ2v) is 8.38. The molecule has 1 aliphatic heterocycles. The van der Waals surface area contributed by atoms with Gasteiger partial charge in [0, 0.05) is 10.6 Å². The highest BCUT2D eigenvalue weighted by Crippen LogP contribution is 2.41. The van der Waals surface area contributed by atoms with Crippen LogP contribution in [0, 0.1) is 0 Å². The molecule has 0 unspecified atom stereocenters. The van der Waals surface area contributed by atoms with Gasteiger partial charge in [-0.1, -0.05) is 42.5 Å². The standard InChI is InChI=1S/C22H14F3NO2S2/c23-22(24,25)15-8-4-9-16(12-15)26-20(27)18(17-10-5-11-29-17)19(21(26)28)30-13-14-6-2-1-3-7-14/h1-12H,13H2. The number of anilines is 1. The van der Waals surface area contributed by atoms with Gasteiger partial charge in [-0.25, -0.2) is 4.90 Å². The smallest absolute Gasteiger partial charge is 0.268 e. The van der Waals surface area contributed by atoms with E-state index < -0.39 is 23.6 Å². The van der Waals surface area contributed by atoms with E-state index in [9.17, 15) is 22.8 Å². The van der Waals surface area contributed by atoms with Crippen LogP contribution in [0.5, 0.6) is 0 Å². The van der Waals surface area contributed by atoms with Gasteiger partial charge >= 0.3 is 6.18 Å². The first-order valence-corrected chi connectivity index (χ1v) is 10.7. The van der Waals surface area contributed by atoms with Gasteiger partial charge in [0.15, 0.2) is 0 Å². The molecule has 0 radical (unpaired) electrons. The first-order valence-electron chi connectivity index (χ1n) is 8.87. The summed E-state index contributed by atoms with van der Waals surface area (Å²) < 4.78 is 39.4. The number of amides is 2. The summed E-state index contributed by atoms with van der Waals surface area (Å²) in [4.78, 5) is 28.0. The number of nitrogens with zero attached hydrogens (tertiary/aromatic N) is 1. The summed E-state index contributed by atoms with van der Waals surface area (Å²) >= 11 is 2.52. The molecular formula is C22H14F3NO2S2. The molecule has 0 N–H and O–H groups in total. The first-order chi connectivity index (χ1) is 14.4. The summed E-state index contributed by atoms with van der Waals surface area (Å²) in [7, 11) is 0. The number of imide groups is 1. The van der Waals surface area contributed by atoms with E-state index >= 15 is 0 Å². The van der Waals surface area contributed by atoms with Crippen molar-refractivity contribution >= 4 is 46.2 Å². The molecule has 0 fully saturated rings. The highest BCUT2D eigenvalue weighted by atomic mass is 32.2. The number of hydrogen-bond acceptors (Lipinski definition) is 4. The number of rotatable bonds is 5. The van der Waals surface area contributed by atoms with Crippen molar-refractivity contribution in [3.63, 3.8) is 0 Å². The highest BCUT2D eigenvalue weighted by molar-refractivity contribution is 8.03. The lowest BCUT2D eigenvalue weighted by Gasteiger charge is -2.17. The predicted molar refractivity (Wildman–Crippen MR) is 113 cm³/mol.